The van der Waals surface area contributed by atoms with Gasteiger partial charge in [0.1, 0.15) is 5.75 Å². The number of amides is 1. The van der Waals surface area contributed by atoms with Crippen molar-refractivity contribution >= 4 is 11.6 Å². The maximum absolute atomic E-state index is 11.4. The van der Waals surface area contributed by atoms with Crippen molar-refractivity contribution in [2.75, 3.05) is 19.0 Å². The average molecular weight is 223 g/mol. The Morgan fingerprint density at radius 1 is 1.50 bits per heavy atom. The third-order valence-corrected chi connectivity index (χ3v) is 2.25. The molecule has 4 nitrogen and oxygen atoms in total. The molecule has 4 heteroatoms. The topological polar surface area (TPSA) is 58.6 Å². The van der Waals surface area contributed by atoms with Gasteiger partial charge in [0, 0.05) is 31.9 Å². The maximum atomic E-state index is 11.4. The summed E-state index contributed by atoms with van der Waals surface area (Å²) in [5.41, 5.74) is 1.41. The summed E-state index contributed by atoms with van der Waals surface area (Å²) >= 11 is 0. The fourth-order valence-corrected chi connectivity index (χ4v) is 1.29. The van der Waals surface area contributed by atoms with Crippen molar-refractivity contribution in [2.24, 2.45) is 0 Å². The first-order chi connectivity index (χ1) is 7.63. The molecule has 0 saturated heterocycles. The Bertz CT molecular complexity index is 363. The summed E-state index contributed by atoms with van der Waals surface area (Å²) in [7, 11) is 1.61. The lowest BCUT2D eigenvalue weighted by atomic mass is 10.2. The number of rotatable bonds is 5. The Morgan fingerprint density at radius 3 is 2.88 bits per heavy atom. The minimum absolute atomic E-state index is 0.0692. The van der Waals surface area contributed by atoms with E-state index in [-0.39, 0.29) is 11.7 Å². The number of methoxy groups -OCH3 is 1. The summed E-state index contributed by atoms with van der Waals surface area (Å²) in [6.45, 7) is 2.38. The lowest BCUT2D eigenvalue weighted by Gasteiger charge is -2.06. The van der Waals surface area contributed by atoms with Crippen LogP contribution in [0.25, 0.3) is 0 Å². The van der Waals surface area contributed by atoms with Crippen LogP contribution in [0.4, 0.5) is 5.69 Å². The summed E-state index contributed by atoms with van der Waals surface area (Å²) in [6, 6.07) is 5.08. The zero-order valence-corrected chi connectivity index (χ0v) is 9.62. The normalized spacial score (nSPS) is 10.1. The van der Waals surface area contributed by atoms with E-state index in [0.29, 0.717) is 25.1 Å². The maximum Gasteiger partial charge on any atom is 0.224 e. The largest absolute Gasteiger partial charge is 0.508 e. The number of hydrogen-bond acceptors (Lipinski definition) is 3. The molecular formula is C12H17NO3. The van der Waals surface area contributed by atoms with Crippen LogP contribution in [0.5, 0.6) is 5.75 Å². The van der Waals surface area contributed by atoms with Gasteiger partial charge in [0.2, 0.25) is 5.91 Å². The lowest BCUT2D eigenvalue weighted by Crippen LogP contribution is -2.11. The van der Waals surface area contributed by atoms with Gasteiger partial charge in [0.15, 0.2) is 0 Å². The quantitative estimate of drug-likeness (QED) is 0.751. The van der Waals surface area contributed by atoms with Gasteiger partial charge in [0.05, 0.1) is 0 Å². The molecule has 1 aromatic rings. The van der Waals surface area contributed by atoms with E-state index in [1.807, 2.05) is 0 Å². The number of ether oxygens (including phenoxy) is 1. The molecular weight excluding hydrogens is 206 g/mol. The standard InChI is InChI=1S/C12H17NO3/c1-9-5-6-10(8-11(9)14)13-12(15)4-3-7-16-2/h5-6,8,14H,3-4,7H2,1-2H3,(H,13,15). The highest BCUT2D eigenvalue weighted by molar-refractivity contribution is 5.90. The first kappa shape index (κ1) is 12.5. The molecule has 2 N–H and O–H groups in total. The molecule has 1 amide bonds. The Kier molecular flexibility index (Phi) is 4.79. The van der Waals surface area contributed by atoms with E-state index < -0.39 is 0 Å². The van der Waals surface area contributed by atoms with Gasteiger partial charge in [-0.25, -0.2) is 0 Å². The van der Waals surface area contributed by atoms with Crippen molar-refractivity contribution in [3.63, 3.8) is 0 Å². The van der Waals surface area contributed by atoms with E-state index >= 15 is 0 Å². The molecule has 0 radical (unpaired) electrons. The van der Waals surface area contributed by atoms with Gasteiger partial charge < -0.3 is 15.2 Å². The third-order valence-electron chi connectivity index (χ3n) is 2.25. The van der Waals surface area contributed by atoms with E-state index in [4.69, 9.17) is 4.74 Å². The fourth-order valence-electron chi connectivity index (χ4n) is 1.29. The number of benzene rings is 1. The second-order valence-corrected chi connectivity index (χ2v) is 3.65. The second-order valence-electron chi connectivity index (χ2n) is 3.65. The number of anilines is 1. The molecule has 0 bridgehead atoms. The van der Waals surface area contributed by atoms with Gasteiger partial charge in [-0.2, -0.15) is 0 Å². The Balaban J connectivity index is 2.46. The van der Waals surface area contributed by atoms with Crippen LogP contribution >= 0.6 is 0 Å². The van der Waals surface area contributed by atoms with Gasteiger partial charge in [-0.3, -0.25) is 4.79 Å². The van der Waals surface area contributed by atoms with Crippen molar-refractivity contribution < 1.29 is 14.6 Å². The van der Waals surface area contributed by atoms with Crippen LogP contribution < -0.4 is 5.32 Å². The number of phenolic OH excluding ortho intramolecular Hbond substituents is 1. The fraction of sp³-hybridized carbons (Fsp3) is 0.417. The predicted molar refractivity (Wildman–Crippen MR) is 62.6 cm³/mol. The number of aromatic hydroxyl groups is 1. The van der Waals surface area contributed by atoms with Crippen LogP contribution in [-0.4, -0.2) is 24.7 Å². The summed E-state index contributed by atoms with van der Waals surface area (Å²) in [5.74, 6) is 0.120. The van der Waals surface area contributed by atoms with E-state index in [1.54, 1.807) is 32.2 Å². The first-order valence-corrected chi connectivity index (χ1v) is 5.22. The van der Waals surface area contributed by atoms with Crippen LogP contribution in [0.3, 0.4) is 0 Å². The predicted octanol–water partition coefficient (Wildman–Crippen LogP) is 2.07. The van der Waals surface area contributed by atoms with Gasteiger partial charge >= 0.3 is 0 Å². The van der Waals surface area contributed by atoms with E-state index in [0.717, 1.165) is 5.56 Å². The van der Waals surface area contributed by atoms with Gasteiger partial charge in [0.25, 0.3) is 0 Å². The molecule has 16 heavy (non-hydrogen) atoms. The summed E-state index contributed by atoms with van der Waals surface area (Å²) < 4.78 is 4.86. The van der Waals surface area contributed by atoms with Crippen molar-refractivity contribution in [2.45, 2.75) is 19.8 Å². The van der Waals surface area contributed by atoms with Crippen LogP contribution in [-0.2, 0) is 9.53 Å². The molecule has 0 spiro atoms. The van der Waals surface area contributed by atoms with Gasteiger partial charge in [-0.1, -0.05) is 6.07 Å². The smallest absolute Gasteiger partial charge is 0.224 e. The molecule has 0 unspecified atom stereocenters. The minimum Gasteiger partial charge on any atom is -0.508 e. The molecule has 0 aliphatic rings. The van der Waals surface area contributed by atoms with Crippen molar-refractivity contribution in [3.8, 4) is 5.75 Å². The molecule has 0 atom stereocenters. The molecule has 0 saturated carbocycles. The van der Waals surface area contributed by atoms with Crippen LogP contribution in [0.2, 0.25) is 0 Å². The number of phenols is 1. The number of carbonyl (C=O) groups excluding carboxylic acids is 1. The highest BCUT2D eigenvalue weighted by Gasteiger charge is 2.03. The van der Waals surface area contributed by atoms with E-state index in [2.05, 4.69) is 5.32 Å². The van der Waals surface area contributed by atoms with Crippen LogP contribution in [0.15, 0.2) is 18.2 Å². The Labute approximate surface area is 95.2 Å². The highest BCUT2D eigenvalue weighted by atomic mass is 16.5. The number of aryl methyl sites for hydroxylation is 1. The van der Waals surface area contributed by atoms with Gasteiger partial charge in [-0.15, -0.1) is 0 Å². The number of carbonyl (C=O) groups is 1. The summed E-state index contributed by atoms with van der Waals surface area (Å²) in [5, 5.41) is 12.2. The van der Waals surface area contributed by atoms with Crippen LogP contribution in [0.1, 0.15) is 18.4 Å². The van der Waals surface area contributed by atoms with Crippen LogP contribution in [0, 0.1) is 6.92 Å². The lowest BCUT2D eigenvalue weighted by molar-refractivity contribution is -0.116. The molecule has 1 aromatic carbocycles. The minimum atomic E-state index is -0.0692. The van der Waals surface area contributed by atoms with Crippen molar-refractivity contribution in [3.05, 3.63) is 23.8 Å². The molecule has 88 valence electrons. The Morgan fingerprint density at radius 2 is 2.25 bits per heavy atom. The van der Waals surface area contributed by atoms with E-state index in [1.165, 1.54) is 0 Å². The zero-order valence-electron chi connectivity index (χ0n) is 9.62. The first-order valence-electron chi connectivity index (χ1n) is 5.22. The van der Waals surface area contributed by atoms with Crippen molar-refractivity contribution in [1.29, 1.82) is 0 Å². The molecule has 0 aliphatic carbocycles. The SMILES string of the molecule is COCCCC(=O)Nc1ccc(C)c(O)c1. The highest BCUT2D eigenvalue weighted by Crippen LogP contribution is 2.20. The summed E-state index contributed by atoms with van der Waals surface area (Å²) in [6.07, 6.45) is 1.11. The molecule has 0 aliphatic heterocycles. The summed E-state index contributed by atoms with van der Waals surface area (Å²) in [4.78, 5) is 11.4. The third kappa shape index (κ3) is 3.90. The number of hydrogen-bond donors (Lipinski definition) is 2. The zero-order chi connectivity index (χ0) is 12.0. The van der Waals surface area contributed by atoms with Crippen molar-refractivity contribution in [1.82, 2.24) is 0 Å². The van der Waals surface area contributed by atoms with E-state index in [9.17, 15) is 9.90 Å². The molecule has 0 fully saturated rings. The van der Waals surface area contributed by atoms with Gasteiger partial charge in [-0.05, 0) is 25.0 Å². The molecule has 0 aromatic heterocycles. The molecule has 1 rings (SSSR count). The second kappa shape index (κ2) is 6.12. The molecule has 0 heterocycles. The number of nitrogens with one attached hydrogen (secondary N) is 1. The monoisotopic (exact) mass is 223 g/mol. The average Bonchev–Trinajstić information content (AvgIpc) is 2.24. The Hall–Kier alpha value is -1.55.